The van der Waals surface area contributed by atoms with Crippen LogP contribution in [0, 0.1) is 0 Å². The Labute approximate surface area is 149 Å². The van der Waals surface area contributed by atoms with E-state index in [2.05, 4.69) is 4.74 Å². The van der Waals surface area contributed by atoms with E-state index in [0.717, 1.165) is 11.5 Å². The first-order valence-corrected chi connectivity index (χ1v) is 9.66. The number of benzene rings is 1. The molecule has 1 fully saturated rings. The largest absolute Gasteiger partial charge is 0.452 e. The minimum atomic E-state index is -0.856. The monoisotopic (exact) mass is 369 g/mol. The molecular formula is C16H19NO5S2. The summed E-state index contributed by atoms with van der Waals surface area (Å²) in [4.78, 5) is 34.4. The summed E-state index contributed by atoms with van der Waals surface area (Å²) < 4.78 is 9.85. The van der Waals surface area contributed by atoms with Crippen molar-refractivity contribution >= 4 is 41.5 Å². The normalized spacial score (nSPS) is 14.7. The van der Waals surface area contributed by atoms with Crippen LogP contribution >= 0.6 is 23.5 Å². The van der Waals surface area contributed by atoms with Crippen LogP contribution in [-0.4, -0.2) is 42.7 Å². The lowest BCUT2D eigenvalue weighted by Gasteiger charge is -2.21. The van der Waals surface area contributed by atoms with Crippen molar-refractivity contribution < 1.29 is 23.9 Å². The molecule has 0 spiro atoms. The van der Waals surface area contributed by atoms with Crippen molar-refractivity contribution in [3.05, 3.63) is 35.4 Å². The second-order valence-electron chi connectivity index (χ2n) is 4.89. The number of ether oxygens (including phenoxy) is 2. The Morgan fingerprint density at radius 1 is 1.12 bits per heavy atom. The fourth-order valence-electron chi connectivity index (χ4n) is 1.99. The van der Waals surface area contributed by atoms with Gasteiger partial charge in [-0.1, -0.05) is 12.1 Å². The van der Waals surface area contributed by atoms with Gasteiger partial charge in [0.15, 0.2) is 6.61 Å². The number of rotatable bonds is 5. The maximum Gasteiger partial charge on any atom is 0.413 e. The van der Waals surface area contributed by atoms with Gasteiger partial charge in [-0.05, 0) is 42.5 Å². The second-order valence-corrected chi connectivity index (χ2v) is 7.62. The lowest BCUT2D eigenvalue weighted by atomic mass is 10.1. The molecule has 2 rings (SSSR count). The number of esters is 1. The van der Waals surface area contributed by atoms with Gasteiger partial charge in [0.05, 0.1) is 16.8 Å². The third-order valence-corrected chi connectivity index (χ3v) is 6.11. The van der Waals surface area contributed by atoms with Gasteiger partial charge in [-0.15, -0.1) is 23.5 Å². The minimum absolute atomic E-state index is 0.156. The highest BCUT2D eigenvalue weighted by atomic mass is 32.2. The molecule has 0 radical (unpaired) electrons. The van der Waals surface area contributed by atoms with Gasteiger partial charge in [0.1, 0.15) is 0 Å². The lowest BCUT2D eigenvalue weighted by Crippen LogP contribution is -2.34. The predicted octanol–water partition coefficient (Wildman–Crippen LogP) is 2.98. The number of nitrogens with one attached hydrogen (secondary N) is 1. The van der Waals surface area contributed by atoms with Crippen LogP contribution in [0.1, 0.15) is 33.8 Å². The molecule has 1 aromatic carbocycles. The first-order chi connectivity index (χ1) is 11.6. The third kappa shape index (κ3) is 5.76. The number of hydrogen-bond donors (Lipinski definition) is 1. The summed E-state index contributed by atoms with van der Waals surface area (Å²) in [6, 6.07) is 7.20. The quantitative estimate of drug-likeness (QED) is 0.799. The Morgan fingerprint density at radius 2 is 1.79 bits per heavy atom. The van der Waals surface area contributed by atoms with Gasteiger partial charge in [0.25, 0.3) is 5.91 Å². The Morgan fingerprint density at radius 3 is 2.42 bits per heavy atom. The highest BCUT2D eigenvalue weighted by Gasteiger charge is 2.18. The molecular weight excluding hydrogens is 350 g/mol. The molecule has 0 unspecified atom stereocenters. The molecule has 8 heteroatoms. The Bertz CT molecular complexity index is 585. The van der Waals surface area contributed by atoms with Crippen LogP contribution in [0.3, 0.4) is 0 Å². The van der Waals surface area contributed by atoms with E-state index in [0.29, 0.717) is 10.1 Å². The average molecular weight is 369 g/mol. The number of imide groups is 1. The molecule has 130 valence electrons. The molecule has 1 saturated heterocycles. The van der Waals surface area contributed by atoms with Crippen LogP contribution in [0.2, 0.25) is 0 Å². The molecule has 24 heavy (non-hydrogen) atoms. The highest BCUT2D eigenvalue weighted by molar-refractivity contribution is 8.16. The van der Waals surface area contributed by atoms with Crippen molar-refractivity contribution in [2.24, 2.45) is 0 Å². The molecule has 1 aliphatic heterocycles. The summed E-state index contributed by atoms with van der Waals surface area (Å²) >= 11 is 3.81. The molecule has 0 bridgehead atoms. The van der Waals surface area contributed by atoms with Gasteiger partial charge < -0.3 is 9.47 Å². The molecule has 1 aromatic rings. The standard InChI is InChI=1S/C16H19NO5S2/c1-2-21-16(20)17-13(18)10-22-14(19)11-4-6-12(7-5-11)15-23-8-3-9-24-15/h4-7,15H,2-3,8-10H2,1H3,(H,17,18,20). The van der Waals surface area contributed by atoms with Crippen molar-refractivity contribution in [3.63, 3.8) is 0 Å². The second kappa shape index (κ2) is 9.58. The number of alkyl carbamates (subject to hydrolysis) is 1. The molecule has 0 aromatic heterocycles. The van der Waals surface area contributed by atoms with Crippen molar-refractivity contribution in [2.75, 3.05) is 24.7 Å². The molecule has 6 nitrogen and oxygen atoms in total. The van der Waals surface area contributed by atoms with Crippen LogP contribution in [0.4, 0.5) is 4.79 Å². The summed E-state index contributed by atoms with van der Waals surface area (Å²) in [5, 5.41) is 1.96. The number of carbonyl (C=O) groups is 3. The van der Waals surface area contributed by atoms with Crippen molar-refractivity contribution in [3.8, 4) is 0 Å². The van der Waals surface area contributed by atoms with Crippen LogP contribution in [0.5, 0.6) is 0 Å². The van der Waals surface area contributed by atoms with Gasteiger partial charge in [-0.25, -0.2) is 9.59 Å². The Balaban J connectivity index is 1.81. The number of hydrogen-bond acceptors (Lipinski definition) is 7. The maximum absolute atomic E-state index is 11.9. The van der Waals surface area contributed by atoms with Crippen LogP contribution in [0.15, 0.2) is 24.3 Å². The number of amides is 2. The van der Waals surface area contributed by atoms with Crippen LogP contribution in [-0.2, 0) is 14.3 Å². The molecule has 0 atom stereocenters. The van der Waals surface area contributed by atoms with Gasteiger partial charge in [0.2, 0.25) is 0 Å². The van der Waals surface area contributed by atoms with E-state index >= 15 is 0 Å². The number of thioether (sulfide) groups is 2. The Hall–Kier alpha value is -1.67. The van der Waals surface area contributed by atoms with Crippen molar-refractivity contribution in [1.29, 1.82) is 0 Å². The first-order valence-electron chi connectivity index (χ1n) is 7.57. The van der Waals surface area contributed by atoms with E-state index in [9.17, 15) is 14.4 Å². The molecule has 1 N–H and O–H groups in total. The van der Waals surface area contributed by atoms with Gasteiger partial charge >= 0.3 is 12.1 Å². The zero-order valence-corrected chi connectivity index (χ0v) is 14.9. The fraction of sp³-hybridized carbons (Fsp3) is 0.438. The number of carbonyl (C=O) groups excluding carboxylic acids is 3. The zero-order valence-electron chi connectivity index (χ0n) is 13.3. The topological polar surface area (TPSA) is 81.7 Å². The van der Waals surface area contributed by atoms with Crippen LogP contribution < -0.4 is 5.32 Å². The van der Waals surface area contributed by atoms with Crippen molar-refractivity contribution in [2.45, 2.75) is 17.9 Å². The summed E-state index contributed by atoms with van der Waals surface area (Å²) in [7, 11) is 0. The summed E-state index contributed by atoms with van der Waals surface area (Å²) in [6.45, 7) is 1.24. The molecule has 1 heterocycles. The van der Waals surface area contributed by atoms with E-state index in [1.54, 1.807) is 19.1 Å². The lowest BCUT2D eigenvalue weighted by molar-refractivity contribution is -0.123. The summed E-state index contributed by atoms with van der Waals surface area (Å²) in [6.07, 6.45) is 0.370. The maximum atomic E-state index is 11.9. The summed E-state index contributed by atoms with van der Waals surface area (Å²) in [5.41, 5.74) is 1.54. The zero-order chi connectivity index (χ0) is 17.4. The Kier molecular flexibility index (Phi) is 7.45. The van der Waals surface area contributed by atoms with Gasteiger partial charge in [0, 0.05) is 0 Å². The predicted molar refractivity (Wildman–Crippen MR) is 94.2 cm³/mol. The fourth-order valence-corrected chi connectivity index (χ4v) is 4.88. The van der Waals surface area contributed by atoms with E-state index in [1.165, 1.54) is 12.0 Å². The molecule has 0 saturated carbocycles. The molecule has 1 aliphatic rings. The molecule has 0 aliphatic carbocycles. The summed E-state index contributed by atoms with van der Waals surface area (Å²) in [5.74, 6) is 0.964. The average Bonchev–Trinajstić information content (AvgIpc) is 2.61. The van der Waals surface area contributed by atoms with Crippen LogP contribution in [0.25, 0.3) is 0 Å². The third-order valence-electron chi connectivity index (χ3n) is 3.10. The van der Waals surface area contributed by atoms with Gasteiger partial charge in [-0.2, -0.15) is 0 Å². The van der Waals surface area contributed by atoms with Gasteiger partial charge in [-0.3, -0.25) is 10.1 Å². The first kappa shape index (κ1) is 18.7. The van der Waals surface area contributed by atoms with E-state index in [1.807, 2.05) is 41.0 Å². The highest BCUT2D eigenvalue weighted by Crippen LogP contribution is 2.43. The molecule has 2 amide bonds. The minimum Gasteiger partial charge on any atom is -0.452 e. The van der Waals surface area contributed by atoms with E-state index < -0.39 is 24.6 Å². The van der Waals surface area contributed by atoms with E-state index in [4.69, 9.17) is 4.74 Å². The SMILES string of the molecule is CCOC(=O)NC(=O)COC(=O)c1ccc(C2SCCCS2)cc1. The van der Waals surface area contributed by atoms with E-state index in [-0.39, 0.29) is 6.61 Å². The smallest absolute Gasteiger partial charge is 0.413 e. The van der Waals surface area contributed by atoms with Crippen molar-refractivity contribution in [1.82, 2.24) is 5.32 Å².